The summed E-state index contributed by atoms with van der Waals surface area (Å²) in [5.41, 5.74) is -0.949. The highest BCUT2D eigenvalue weighted by molar-refractivity contribution is 7.52. The highest BCUT2D eigenvalue weighted by atomic mass is 31.1. The third kappa shape index (κ3) is 4.34. The summed E-state index contributed by atoms with van der Waals surface area (Å²) < 4.78 is 12.9. The van der Waals surface area contributed by atoms with Crippen LogP contribution >= 0.6 is 8.15 Å². The van der Waals surface area contributed by atoms with Crippen LogP contribution in [0.3, 0.4) is 0 Å². The molecule has 8 heteroatoms. The first-order valence-electron chi connectivity index (χ1n) is 7.80. The molecule has 0 aliphatic carbocycles. The van der Waals surface area contributed by atoms with Gasteiger partial charge in [0.15, 0.2) is 6.40 Å². The van der Waals surface area contributed by atoms with E-state index in [2.05, 4.69) is 15.9 Å². The van der Waals surface area contributed by atoms with Crippen molar-refractivity contribution in [2.75, 3.05) is 19.4 Å². The lowest BCUT2D eigenvalue weighted by atomic mass is 10.0. The zero-order chi connectivity index (χ0) is 17.7. The second-order valence-electron chi connectivity index (χ2n) is 5.67. The fourth-order valence-electron chi connectivity index (χ4n) is 2.63. The Kier molecular flexibility index (Phi) is 6.36. The molecule has 1 fully saturated rings. The summed E-state index contributed by atoms with van der Waals surface area (Å²) in [7, 11) is -0.647. The van der Waals surface area contributed by atoms with Crippen LogP contribution in [0.15, 0.2) is 20.8 Å². The highest BCUT2D eigenvalue weighted by Crippen LogP contribution is 2.42. The van der Waals surface area contributed by atoms with Gasteiger partial charge in [-0.1, -0.05) is 5.92 Å². The third-order valence-corrected chi connectivity index (χ3v) is 5.39. The fraction of sp³-hybridized carbons (Fsp3) is 0.562. The molecule has 1 N–H and O–H groups in total. The van der Waals surface area contributed by atoms with Crippen LogP contribution in [0, 0.1) is 18.3 Å². The van der Waals surface area contributed by atoms with Gasteiger partial charge in [-0.15, -0.1) is 6.42 Å². The number of nitrogens with zero attached hydrogens (tertiary/aromatic N) is 2. The van der Waals surface area contributed by atoms with Crippen molar-refractivity contribution in [3.8, 4) is 12.3 Å². The topological polar surface area (TPSA) is 85.7 Å². The van der Waals surface area contributed by atoms with Gasteiger partial charge in [-0.2, -0.15) is 0 Å². The fourth-order valence-corrected chi connectivity index (χ4v) is 4.05. The molecule has 1 aromatic heterocycles. The molecule has 0 radical (unpaired) electrons. The Morgan fingerprint density at radius 2 is 2.38 bits per heavy atom. The first-order chi connectivity index (χ1) is 11.5. The van der Waals surface area contributed by atoms with Gasteiger partial charge in [0, 0.05) is 18.9 Å². The van der Waals surface area contributed by atoms with Crippen molar-refractivity contribution in [2.45, 2.75) is 32.6 Å². The molecular formula is C16H22N3O4P. The van der Waals surface area contributed by atoms with E-state index in [1.807, 2.05) is 20.5 Å². The van der Waals surface area contributed by atoms with E-state index < -0.39 is 25.6 Å². The Hall–Kier alpha value is -1.90. The summed E-state index contributed by atoms with van der Waals surface area (Å²) in [4.78, 5) is 29.9. The Morgan fingerprint density at radius 1 is 1.62 bits per heavy atom. The number of hydrogen-bond donors (Lipinski definition) is 1. The third-order valence-electron chi connectivity index (χ3n) is 3.95. The molecule has 0 saturated carbocycles. The molecule has 0 spiro atoms. The van der Waals surface area contributed by atoms with Crippen LogP contribution in [0.1, 0.15) is 32.1 Å². The molecule has 130 valence electrons. The zero-order valence-electron chi connectivity index (χ0n) is 14.1. The van der Waals surface area contributed by atoms with E-state index in [9.17, 15) is 9.59 Å². The number of rotatable bonds is 6. The van der Waals surface area contributed by atoms with Gasteiger partial charge in [0.1, 0.15) is 11.8 Å². The van der Waals surface area contributed by atoms with Gasteiger partial charge in [0.05, 0.1) is 14.3 Å². The Labute approximate surface area is 141 Å². The molecule has 0 bridgehead atoms. The second kappa shape index (κ2) is 8.27. The number of terminal acetylenes is 1. The molecule has 1 aliphatic rings. The summed E-state index contributed by atoms with van der Waals surface area (Å²) >= 11 is 0. The molecule has 7 nitrogen and oxygen atoms in total. The molecule has 2 unspecified atom stereocenters. The molecule has 0 aromatic carbocycles. The Balaban J connectivity index is 2.08. The van der Waals surface area contributed by atoms with Crippen LogP contribution in [0.25, 0.3) is 0 Å². The number of aromatic amines is 1. The number of aromatic nitrogens is 2. The number of aliphatic imine (C=N–C) groups is 1. The maximum absolute atomic E-state index is 12.0. The largest absolute Gasteiger partial charge is 0.464 e. The zero-order valence-corrected chi connectivity index (χ0v) is 15.0. The molecular weight excluding hydrogens is 329 g/mol. The van der Waals surface area contributed by atoms with Gasteiger partial charge in [-0.3, -0.25) is 19.3 Å². The molecule has 24 heavy (non-hydrogen) atoms. The minimum Gasteiger partial charge on any atom is -0.464 e. The van der Waals surface area contributed by atoms with Gasteiger partial charge in [0.2, 0.25) is 0 Å². The van der Waals surface area contributed by atoms with Crippen molar-refractivity contribution in [2.24, 2.45) is 10.9 Å². The lowest BCUT2D eigenvalue weighted by Crippen LogP contribution is -2.33. The van der Waals surface area contributed by atoms with Gasteiger partial charge >= 0.3 is 5.69 Å². The van der Waals surface area contributed by atoms with Gasteiger partial charge in [0.25, 0.3) is 5.56 Å². The van der Waals surface area contributed by atoms with E-state index in [4.69, 9.17) is 15.7 Å². The maximum Gasteiger partial charge on any atom is 0.330 e. The van der Waals surface area contributed by atoms with Gasteiger partial charge in [-0.05, 0) is 32.9 Å². The van der Waals surface area contributed by atoms with Crippen LogP contribution in [0.5, 0.6) is 0 Å². The Morgan fingerprint density at radius 3 is 3.04 bits per heavy atom. The summed E-state index contributed by atoms with van der Waals surface area (Å²) in [6, 6.07) is 0. The monoisotopic (exact) mass is 351 g/mol. The number of nitrogens with one attached hydrogen (secondary N) is 1. The summed E-state index contributed by atoms with van der Waals surface area (Å²) in [6.07, 6.45) is 9.26. The minimum absolute atomic E-state index is 0.0141. The van der Waals surface area contributed by atoms with E-state index in [0.717, 1.165) is 6.16 Å². The van der Waals surface area contributed by atoms with E-state index in [-0.39, 0.29) is 17.6 Å². The van der Waals surface area contributed by atoms with Crippen molar-refractivity contribution in [1.29, 1.82) is 0 Å². The number of hydrogen-bond acceptors (Lipinski definition) is 5. The quantitative estimate of drug-likeness (QED) is 0.365. The average molecular weight is 351 g/mol. The normalized spacial score (nSPS) is 24.8. The average Bonchev–Trinajstić information content (AvgIpc) is 2.88. The summed E-state index contributed by atoms with van der Waals surface area (Å²) in [5.74, 6) is 2.54. The number of H-pyrrole nitrogens is 1. The van der Waals surface area contributed by atoms with Crippen molar-refractivity contribution < 1.29 is 9.26 Å². The van der Waals surface area contributed by atoms with Crippen LogP contribution < -0.4 is 11.2 Å². The van der Waals surface area contributed by atoms with E-state index in [0.29, 0.717) is 13.0 Å². The molecule has 2 heterocycles. The van der Waals surface area contributed by atoms with Crippen molar-refractivity contribution in [3.05, 3.63) is 32.6 Å². The predicted octanol–water partition coefficient (Wildman–Crippen LogP) is 1.53. The van der Waals surface area contributed by atoms with E-state index in [1.54, 1.807) is 0 Å². The highest BCUT2D eigenvalue weighted by Gasteiger charge is 2.35. The maximum atomic E-state index is 12.0. The minimum atomic E-state index is -0.647. The van der Waals surface area contributed by atoms with E-state index in [1.165, 1.54) is 17.2 Å². The molecule has 0 amide bonds. The first kappa shape index (κ1) is 18.4. The van der Waals surface area contributed by atoms with Crippen molar-refractivity contribution in [3.63, 3.8) is 0 Å². The van der Waals surface area contributed by atoms with Crippen LogP contribution in [0.4, 0.5) is 0 Å². The standard InChI is InChI=1S/C16H22N3O4P/c1-5-12-8-19(16(21)18-15(12)20)14-7-13(11(3)23-14)9-24(4)22-10-17-6-2/h1,8,10-11,13-14H,6-7,9H2,2-4H3,(H,18,20,21)/t11-,13?,14-,24?/m1/s1. The lowest BCUT2D eigenvalue weighted by molar-refractivity contribution is 0.00317. The SMILES string of the molecule is C#Cc1cn([C@H]2CC(CP(C)OC=NCC)[C@@H](C)O2)c(=O)[nH]c1=O. The molecule has 1 aromatic rings. The van der Waals surface area contributed by atoms with Crippen LogP contribution in [-0.4, -0.2) is 41.4 Å². The smallest absolute Gasteiger partial charge is 0.330 e. The molecule has 1 aliphatic heterocycles. The summed E-state index contributed by atoms with van der Waals surface area (Å²) in [6.45, 7) is 6.66. The molecule has 4 atom stereocenters. The number of ether oxygens (including phenoxy) is 1. The van der Waals surface area contributed by atoms with Crippen LogP contribution in [0.2, 0.25) is 0 Å². The predicted molar refractivity (Wildman–Crippen MR) is 94.8 cm³/mol. The Bertz CT molecular complexity index is 749. The van der Waals surface area contributed by atoms with Crippen LogP contribution in [-0.2, 0) is 9.26 Å². The lowest BCUT2D eigenvalue weighted by Gasteiger charge is -2.17. The first-order valence-corrected chi connectivity index (χ1v) is 9.69. The summed E-state index contributed by atoms with van der Waals surface area (Å²) in [5, 5.41) is 0. The van der Waals surface area contributed by atoms with Crippen molar-refractivity contribution in [1.82, 2.24) is 9.55 Å². The molecule has 1 saturated heterocycles. The van der Waals surface area contributed by atoms with Gasteiger partial charge < -0.3 is 9.26 Å². The molecule has 2 rings (SSSR count). The van der Waals surface area contributed by atoms with Crippen molar-refractivity contribution >= 4 is 14.5 Å². The van der Waals surface area contributed by atoms with E-state index >= 15 is 0 Å². The van der Waals surface area contributed by atoms with Gasteiger partial charge in [-0.25, -0.2) is 4.79 Å². The second-order valence-corrected chi connectivity index (χ2v) is 7.50.